The number of alkyl halides is 2. The monoisotopic (exact) mass is 400 g/mol. The second-order valence-electron chi connectivity index (χ2n) is 9.33. The van der Waals surface area contributed by atoms with E-state index in [1.807, 2.05) is 6.07 Å². The molecule has 2 aromatic carbocycles. The number of halogens is 2. The molecule has 2 aromatic rings. The summed E-state index contributed by atoms with van der Waals surface area (Å²) in [6.07, 6.45) is 13.9. The minimum absolute atomic E-state index is 0.231. The fraction of sp³-hybridized carbons (Fsp3) is 0.615. The van der Waals surface area contributed by atoms with Gasteiger partial charge in [0.2, 0.25) is 0 Å². The minimum Gasteiger partial charge on any atom is -0.435 e. The summed E-state index contributed by atoms with van der Waals surface area (Å²) in [5.74, 6) is 3.77. The van der Waals surface area contributed by atoms with Crippen molar-refractivity contribution in [1.82, 2.24) is 0 Å². The lowest BCUT2D eigenvalue weighted by atomic mass is 9.68. The predicted molar refractivity (Wildman–Crippen MR) is 116 cm³/mol. The van der Waals surface area contributed by atoms with Crippen LogP contribution in [0.3, 0.4) is 0 Å². The second kappa shape index (κ2) is 9.45. The SMILES string of the molecule is CCCC1CCC(C2CCC(c3ccc4cc(OC(F)F)ccc4c3)CC2)CC1. The van der Waals surface area contributed by atoms with Crippen LogP contribution in [0.15, 0.2) is 36.4 Å². The van der Waals surface area contributed by atoms with Gasteiger partial charge in [-0.25, -0.2) is 0 Å². The third-order valence-electron chi connectivity index (χ3n) is 7.56. The van der Waals surface area contributed by atoms with Gasteiger partial charge in [0.15, 0.2) is 0 Å². The average Bonchev–Trinajstić information content (AvgIpc) is 2.74. The molecule has 0 unspecified atom stereocenters. The standard InChI is InChI=1S/C26H34F2O/c1-2-3-18-4-6-19(7-5-18)20-8-10-21(11-9-20)22-12-13-24-17-25(29-26(27)28)15-14-23(24)16-22/h12-21,26H,2-11H2,1H3. The first-order valence-corrected chi connectivity index (χ1v) is 11.6. The Balaban J connectivity index is 1.34. The highest BCUT2D eigenvalue weighted by Gasteiger charge is 2.31. The molecule has 158 valence electrons. The van der Waals surface area contributed by atoms with E-state index in [-0.39, 0.29) is 5.75 Å². The molecule has 0 saturated heterocycles. The first-order valence-electron chi connectivity index (χ1n) is 11.6. The van der Waals surface area contributed by atoms with Gasteiger partial charge in [0.25, 0.3) is 0 Å². The zero-order valence-corrected chi connectivity index (χ0v) is 17.6. The van der Waals surface area contributed by atoms with Crippen LogP contribution >= 0.6 is 0 Å². The lowest BCUT2D eigenvalue weighted by Crippen LogP contribution is -2.25. The summed E-state index contributed by atoms with van der Waals surface area (Å²) in [6, 6.07) is 11.7. The van der Waals surface area contributed by atoms with Crippen LogP contribution < -0.4 is 4.74 Å². The Bertz CT molecular complexity index is 786. The molecule has 2 saturated carbocycles. The van der Waals surface area contributed by atoms with Crippen LogP contribution in [0.25, 0.3) is 10.8 Å². The van der Waals surface area contributed by atoms with Crippen molar-refractivity contribution in [2.24, 2.45) is 17.8 Å². The second-order valence-corrected chi connectivity index (χ2v) is 9.33. The fourth-order valence-electron chi connectivity index (χ4n) is 5.95. The van der Waals surface area contributed by atoms with Gasteiger partial charge in [-0.15, -0.1) is 0 Å². The van der Waals surface area contributed by atoms with E-state index < -0.39 is 6.61 Å². The molecule has 0 atom stereocenters. The van der Waals surface area contributed by atoms with Crippen molar-refractivity contribution in [2.45, 2.75) is 83.7 Å². The highest BCUT2D eigenvalue weighted by Crippen LogP contribution is 2.44. The highest BCUT2D eigenvalue weighted by molar-refractivity contribution is 5.84. The first kappa shape index (κ1) is 20.6. The molecule has 0 aromatic heterocycles. The van der Waals surface area contributed by atoms with E-state index in [1.54, 1.807) is 12.1 Å². The molecule has 0 aliphatic heterocycles. The van der Waals surface area contributed by atoms with Gasteiger partial charge in [0, 0.05) is 0 Å². The summed E-state index contributed by atoms with van der Waals surface area (Å²) in [6.45, 7) is -0.459. The Morgan fingerprint density at radius 2 is 1.45 bits per heavy atom. The van der Waals surface area contributed by atoms with Crippen molar-refractivity contribution in [3.63, 3.8) is 0 Å². The lowest BCUT2D eigenvalue weighted by molar-refractivity contribution is -0.0497. The van der Waals surface area contributed by atoms with Crippen LogP contribution in [-0.4, -0.2) is 6.61 Å². The summed E-state index contributed by atoms with van der Waals surface area (Å²) < 4.78 is 29.4. The molecule has 1 nitrogen and oxygen atoms in total. The van der Waals surface area contributed by atoms with E-state index in [4.69, 9.17) is 0 Å². The smallest absolute Gasteiger partial charge is 0.387 e. The van der Waals surface area contributed by atoms with Gasteiger partial charge in [-0.3, -0.25) is 0 Å². The Hall–Kier alpha value is -1.64. The van der Waals surface area contributed by atoms with Crippen molar-refractivity contribution < 1.29 is 13.5 Å². The van der Waals surface area contributed by atoms with Gasteiger partial charge in [-0.2, -0.15) is 8.78 Å². The normalized spacial score (nSPS) is 28.0. The van der Waals surface area contributed by atoms with Gasteiger partial charge in [0.1, 0.15) is 5.75 Å². The molecule has 0 amide bonds. The molecule has 0 radical (unpaired) electrons. The molecule has 0 N–H and O–H groups in total. The van der Waals surface area contributed by atoms with E-state index in [1.165, 1.54) is 69.8 Å². The summed E-state index contributed by atoms with van der Waals surface area (Å²) in [5, 5.41) is 2.07. The molecule has 4 rings (SSSR count). The molecule has 2 aliphatic carbocycles. The maximum atomic E-state index is 12.4. The first-order chi connectivity index (χ1) is 14.1. The third-order valence-corrected chi connectivity index (χ3v) is 7.56. The minimum atomic E-state index is -2.77. The van der Waals surface area contributed by atoms with E-state index in [0.29, 0.717) is 5.92 Å². The van der Waals surface area contributed by atoms with Gasteiger partial charge >= 0.3 is 6.61 Å². The van der Waals surface area contributed by atoms with Gasteiger partial charge < -0.3 is 4.74 Å². The zero-order valence-electron chi connectivity index (χ0n) is 17.6. The predicted octanol–water partition coefficient (Wildman–Crippen LogP) is 8.32. The molecule has 0 spiro atoms. The third kappa shape index (κ3) is 5.10. The number of ether oxygens (including phenoxy) is 1. The van der Waals surface area contributed by atoms with Crippen molar-refractivity contribution in [3.05, 3.63) is 42.0 Å². The number of benzene rings is 2. The largest absolute Gasteiger partial charge is 0.435 e. The Kier molecular flexibility index (Phi) is 6.72. The van der Waals surface area contributed by atoms with Crippen LogP contribution in [-0.2, 0) is 0 Å². The van der Waals surface area contributed by atoms with Crippen LogP contribution in [0, 0.1) is 17.8 Å². The molecule has 3 heteroatoms. The summed E-state index contributed by atoms with van der Waals surface area (Å²) >= 11 is 0. The van der Waals surface area contributed by atoms with Gasteiger partial charge in [0.05, 0.1) is 0 Å². The number of fused-ring (bicyclic) bond motifs is 1. The van der Waals surface area contributed by atoms with Crippen LogP contribution in [0.2, 0.25) is 0 Å². The van der Waals surface area contributed by atoms with Crippen molar-refractivity contribution >= 4 is 10.8 Å². The summed E-state index contributed by atoms with van der Waals surface area (Å²) in [5.41, 5.74) is 1.41. The maximum absolute atomic E-state index is 12.4. The number of rotatable bonds is 6. The number of hydrogen-bond acceptors (Lipinski definition) is 1. The zero-order chi connectivity index (χ0) is 20.2. The summed E-state index contributed by atoms with van der Waals surface area (Å²) in [7, 11) is 0. The Morgan fingerprint density at radius 3 is 2.10 bits per heavy atom. The lowest BCUT2D eigenvalue weighted by Gasteiger charge is -2.38. The van der Waals surface area contributed by atoms with Crippen molar-refractivity contribution in [2.75, 3.05) is 0 Å². The average molecular weight is 401 g/mol. The molecular weight excluding hydrogens is 366 g/mol. The van der Waals surface area contributed by atoms with Crippen molar-refractivity contribution in [3.8, 4) is 5.75 Å². The Morgan fingerprint density at radius 1 is 0.828 bits per heavy atom. The van der Waals surface area contributed by atoms with Gasteiger partial charge in [-0.05, 0) is 90.7 Å². The fourth-order valence-corrected chi connectivity index (χ4v) is 5.95. The number of hydrogen-bond donors (Lipinski definition) is 0. The summed E-state index contributed by atoms with van der Waals surface area (Å²) in [4.78, 5) is 0. The quantitative estimate of drug-likeness (QED) is 0.473. The molecule has 2 aliphatic rings. The van der Waals surface area contributed by atoms with E-state index >= 15 is 0 Å². The Labute approximate surface area is 173 Å². The van der Waals surface area contributed by atoms with Crippen LogP contribution in [0.1, 0.15) is 82.6 Å². The highest BCUT2D eigenvalue weighted by atomic mass is 19.3. The van der Waals surface area contributed by atoms with Crippen LogP contribution in [0.5, 0.6) is 5.75 Å². The van der Waals surface area contributed by atoms with Gasteiger partial charge in [-0.1, -0.05) is 56.9 Å². The van der Waals surface area contributed by atoms with E-state index in [2.05, 4.69) is 29.9 Å². The maximum Gasteiger partial charge on any atom is 0.387 e. The molecule has 29 heavy (non-hydrogen) atoms. The molecule has 2 fully saturated rings. The van der Waals surface area contributed by atoms with E-state index in [0.717, 1.165) is 28.5 Å². The molecular formula is C26H34F2O. The van der Waals surface area contributed by atoms with Crippen molar-refractivity contribution in [1.29, 1.82) is 0 Å². The van der Waals surface area contributed by atoms with Crippen LogP contribution in [0.4, 0.5) is 8.78 Å². The van der Waals surface area contributed by atoms with E-state index in [9.17, 15) is 8.78 Å². The molecule has 0 heterocycles. The topological polar surface area (TPSA) is 9.23 Å². The molecule has 0 bridgehead atoms.